The summed E-state index contributed by atoms with van der Waals surface area (Å²) in [7, 11) is 0. The third kappa shape index (κ3) is 4.70. The average Bonchev–Trinajstić information content (AvgIpc) is 2.54. The summed E-state index contributed by atoms with van der Waals surface area (Å²) < 4.78 is 38.6. The summed E-state index contributed by atoms with van der Waals surface area (Å²) in [6.45, 7) is -0.450. The summed E-state index contributed by atoms with van der Waals surface area (Å²) in [6, 6.07) is 4.00. The first-order valence-electron chi connectivity index (χ1n) is 7.71. The van der Waals surface area contributed by atoms with Gasteiger partial charge in [-0.15, -0.1) is 0 Å². The zero-order valence-corrected chi connectivity index (χ0v) is 12.9. The first-order valence-corrected chi connectivity index (χ1v) is 7.71. The Morgan fingerprint density at radius 1 is 1.17 bits per heavy atom. The van der Waals surface area contributed by atoms with E-state index in [1.165, 1.54) is 12.1 Å². The molecule has 0 aromatic heterocycles. The van der Waals surface area contributed by atoms with Crippen LogP contribution in [0.2, 0.25) is 0 Å². The number of benzene rings is 1. The molecule has 2 unspecified atom stereocenters. The highest BCUT2D eigenvalue weighted by atomic mass is 19.4. The lowest BCUT2D eigenvalue weighted by atomic mass is 9.92. The molecule has 2 amide bonds. The first-order chi connectivity index (χ1) is 11.3. The normalized spacial score (nSPS) is 21.2. The van der Waals surface area contributed by atoms with Crippen molar-refractivity contribution >= 4 is 11.8 Å². The lowest BCUT2D eigenvalue weighted by molar-refractivity contribution is -0.137. The van der Waals surface area contributed by atoms with Crippen LogP contribution < -0.4 is 10.6 Å². The zero-order chi connectivity index (χ0) is 17.7. The second-order valence-electron chi connectivity index (χ2n) is 5.75. The van der Waals surface area contributed by atoms with E-state index < -0.39 is 41.8 Å². The summed E-state index contributed by atoms with van der Waals surface area (Å²) in [5, 5.41) is 14.5. The van der Waals surface area contributed by atoms with Crippen LogP contribution in [-0.4, -0.2) is 35.6 Å². The molecular formula is C16H19F3N2O3. The van der Waals surface area contributed by atoms with Crippen LogP contribution in [0.25, 0.3) is 0 Å². The minimum absolute atomic E-state index is 0.384. The Labute approximate surface area is 137 Å². The van der Waals surface area contributed by atoms with Gasteiger partial charge in [-0.2, -0.15) is 13.2 Å². The maximum Gasteiger partial charge on any atom is 0.417 e. The first kappa shape index (κ1) is 18.3. The maximum absolute atomic E-state index is 12.9. The molecule has 2 rings (SSSR count). The highest BCUT2D eigenvalue weighted by Gasteiger charge is 2.34. The molecule has 0 spiro atoms. The molecule has 0 aliphatic heterocycles. The van der Waals surface area contributed by atoms with Crippen molar-refractivity contribution in [2.75, 3.05) is 6.54 Å². The Balaban J connectivity index is 1.92. The van der Waals surface area contributed by atoms with Gasteiger partial charge in [0.1, 0.15) is 0 Å². The second kappa shape index (κ2) is 7.65. The van der Waals surface area contributed by atoms with Gasteiger partial charge in [0.15, 0.2) is 0 Å². The number of nitrogens with one attached hydrogen (secondary N) is 2. The third-order valence-corrected chi connectivity index (χ3v) is 3.96. The minimum atomic E-state index is -4.65. The molecule has 0 saturated heterocycles. The standard InChI is InChI=1S/C16H19F3N2O3/c17-16(18,19)11-6-2-1-5-10(11)15(24)20-9-14(23)21-12-7-3-4-8-13(12)22/h1-2,5-6,12-13,22H,3-4,7-9H2,(H,20,24)(H,21,23). The molecule has 1 aromatic rings. The maximum atomic E-state index is 12.9. The lowest BCUT2D eigenvalue weighted by Gasteiger charge is -2.28. The molecule has 3 N–H and O–H groups in total. The quantitative estimate of drug-likeness (QED) is 0.780. The van der Waals surface area contributed by atoms with E-state index >= 15 is 0 Å². The van der Waals surface area contributed by atoms with Crippen molar-refractivity contribution in [2.45, 2.75) is 44.0 Å². The SMILES string of the molecule is O=C(CNC(=O)c1ccccc1C(F)(F)F)NC1CCCCC1O. The van der Waals surface area contributed by atoms with Gasteiger partial charge in [0.2, 0.25) is 5.91 Å². The Kier molecular flexibility index (Phi) is 5.82. The summed E-state index contributed by atoms with van der Waals surface area (Å²) in [6.07, 6.45) is -2.29. The largest absolute Gasteiger partial charge is 0.417 e. The molecule has 1 saturated carbocycles. The Hall–Kier alpha value is -2.09. The van der Waals surface area contributed by atoms with Gasteiger partial charge in [-0.25, -0.2) is 0 Å². The van der Waals surface area contributed by atoms with Crippen LogP contribution in [0.5, 0.6) is 0 Å². The van der Waals surface area contributed by atoms with Gasteiger partial charge in [-0.3, -0.25) is 9.59 Å². The van der Waals surface area contributed by atoms with Gasteiger partial charge in [0.25, 0.3) is 5.91 Å². The molecule has 0 radical (unpaired) electrons. The number of halogens is 3. The van der Waals surface area contributed by atoms with E-state index in [2.05, 4.69) is 10.6 Å². The van der Waals surface area contributed by atoms with Crippen LogP contribution in [-0.2, 0) is 11.0 Å². The van der Waals surface area contributed by atoms with E-state index in [4.69, 9.17) is 0 Å². The van der Waals surface area contributed by atoms with Crippen molar-refractivity contribution < 1.29 is 27.9 Å². The van der Waals surface area contributed by atoms with Crippen molar-refractivity contribution in [2.24, 2.45) is 0 Å². The summed E-state index contributed by atoms with van der Waals surface area (Å²) in [5.74, 6) is -1.51. The molecule has 132 valence electrons. The van der Waals surface area contributed by atoms with Gasteiger partial charge < -0.3 is 15.7 Å². The van der Waals surface area contributed by atoms with Crippen LogP contribution in [0.1, 0.15) is 41.6 Å². The van der Waals surface area contributed by atoms with E-state index in [1.54, 1.807) is 0 Å². The van der Waals surface area contributed by atoms with Crippen LogP contribution in [0, 0.1) is 0 Å². The highest BCUT2D eigenvalue weighted by Crippen LogP contribution is 2.31. The number of amides is 2. The van der Waals surface area contributed by atoms with Crippen molar-refractivity contribution in [1.29, 1.82) is 0 Å². The monoisotopic (exact) mass is 344 g/mol. The van der Waals surface area contributed by atoms with Crippen molar-refractivity contribution in [1.82, 2.24) is 10.6 Å². The number of alkyl halides is 3. The van der Waals surface area contributed by atoms with Crippen molar-refractivity contribution in [3.63, 3.8) is 0 Å². The Morgan fingerprint density at radius 2 is 1.83 bits per heavy atom. The van der Waals surface area contributed by atoms with Gasteiger partial charge in [0.05, 0.1) is 29.8 Å². The predicted molar refractivity (Wildman–Crippen MR) is 80.2 cm³/mol. The summed E-state index contributed by atoms with van der Waals surface area (Å²) in [4.78, 5) is 23.7. The number of aliphatic hydroxyl groups excluding tert-OH is 1. The number of hydrogen-bond acceptors (Lipinski definition) is 3. The van der Waals surface area contributed by atoms with Gasteiger partial charge in [0, 0.05) is 0 Å². The topological polar surface area (TPSA) is 78.4 Å². The van der Waals surface area contributed by atoms with Gasteiger partial charge in [-0.1, -0.05) is 25.0 Å². The molecule has 8 heteroatoms. The summed E-state index contributed by atoms with van der Waals surface area (Å²) >= 11 is 0. The molecule has 0 heterocycles. The molecule has 1 aliphatic rings. The van der Waals surface area contributed by atoms with Crippen LogP contribution in [0.4, 0.5) is 13.2 Å². The smallest absolute Gasteiger partial charge is 0.391 e. The third-order valence-electron chi connectivity index (χ3n) is 3.96. The molecule has 24 heavy (non-hydrogen) atoms. The fraction of sp³-hybridized carbons (Fsp3) is 0.500. The molecule has 5 nitrogen and oxygen atoms in total. The fourth-order valence-corrected chi connectivity index (χ4v) is 2.72. The van der Waals surface area contributed by atoms with E-state index in [0.29, 0.717) is 12.8 Å². The van der Waals surface area contributed by atoms with E-state index in [-0.39, 0.29) is 6.04 Å². The molecule has 1 aliphatic carbocycles. The zero-order valence-electron chi connectivity index (χ0n) is 12.9. The number of carbonyl (C=O) groups excluding carboxylic acids is 2. The van der Waals surface area contributed by atoms with E-state index in [0.717, 1.165) is 25.0 Å². The number of aliphatic hydroxyl groups is 1. The van der Waals surface area contributed by atoms with Crippen LogP contribution in [0.3, 0.4) is 0 Å². The molecule has 2 atom stereocenters. The molecule has 0 bridgehead atoms. The minimum Gasteiger partial charge on any atom is -0.391 e. The number of carbonyl (C=O) groups is 2. The Bertz CT molecular complexity index is 604. The molecule has 1 fully saturated rings. The summed E-state index contributed by atoms with van der Waals surface area (Å²) in [5.41, 5.74) is -1.58. The van der Waals surface area contributed by atoms with Gasteiger partial charge in [-0.05, 0) is 25.0 Å². The number of hydrogen-bond donors (Lipinski definition) is 3. The van der Waals surface area contributed by atoms with E-state index in [1.807, 2.05) is 0 Å². The van der Waals surface area contributed by atoms with Gasteiger partial charge >= 0.3 is 6.18 Å². The average molecular weight is 344 g/mol. The lowest BCUT2D eigenvalue weighted by Crippen LogP contribution is -2.48. The Morgan fingerprint density at radius 3 is 2.50 bits per heavy atom. The molecule has 1 aromatic carbocycles. The second-order valence-corrected chi connectivity index (χ2v) is 5.75. The highest BCUT2D eigenvalue weighted by molar-refractivity contribution is 5.97. The van der Waals surface area contributed by atoms with E-state index in [9.17, 15) is 27.9 Å². The van der Waals surface area contributed by atoms with Crippen LogP contribution >= 0.6 is 0 Å². The molecular weight excluding hydrogens is 325 g/mol. The fourth-order valence-electron chi connectivity index (χ4n) is 2.72. The predicted octanol–water partition coefficient (Wildman–Crippen LogP) is 1.85. The van der Waals surface area contributed by atoms with Crippen LogP contribution in [0.15, 0.2) is 24.3 Å². The van der Waals surface area contributed by atoms with Crippen molar-refractivity contribution in [3.05, 3.63) is 35.4 Å². The van der Waals surface area contributed by atoms with Crippen molar-refractivity contribution in [3.8, 4) is 0 Å². The number of rotatable bonds is 4.